The first-order valence-corrected chi connectivity index (χ1v) is 7.75. The molecule has 3 rings (SSSR count). The number of fused-ring (bicyclic) bond motifs is 1. The van der Waals surface area contributed by atoms with Gasteiger partial charge in [0, 0.05) is 17.8 Å². The van der Waals surface area contributed by atoms with Crippen molar-refractivity contribution in [1.82, 2.24) is 25.1 Å². The Morgan fingerprint density at radius 3 is 2.83 bits per heavy atom. The van der Waals surface area contributed by atoms with E-state index >= 15 is 0 Å². The van der Waals surface area contributed by atoms with Gasteiger partial charge in [0.05, 0.1) is 6.61 Å². The number of aromatic nitrogens is 4. The lowest BCUT2D eigenvalue weighted by molar-refractivity contribution is -0.134. The molecule has 1 aromatic carbocycles. The number of nitrogens with one attached hydrogen (secondary N) is 1. The predicted octanol–water partition coefficient (Wildman–Crippen LogP) is 1.92. The van der Waals surface area contributed by atoms with E-state index in [0.29, 0.717) is 25.2 Å². The lowest BCUT2D eigenvalue weighted by Crippen LogP contribution is -2.24. The van der Waals surface area contributed by atoms with E-state index in [0.717, 1.165) is 22.5 Å². The molecule has 2 aromatic heterocycles. The van der Waals surface area contributed by atoms with Gasteiger partial charge >= 0.3 is 0 Å². The molecule has 2 heterocycles. The third-order valence-corrected chi connectivity index (χ3v) is 3.86. The van der Waals surface area contributed by atoms with Gasteiger partial charge in [-0.3, -0.25) is 9.63 Å². The Hall–Kier alpha value is -2.80. The molecule has 0 aliphatic carbocycles. The molecule has 0 bridgehead atoms. The van der Waals surface area contributed by atoms with Gasteiger partial charge in [-0.15, -0.1) is 0 Å². The van der Waals surface area contributed by atoms with E-state index in [4.69, 9.17) is 4.84 Å². The molecule has 3 aromatic rings. The fourth-order valence-corrected chi connectivity index (χ4v) is 2.58. The summed E-state index contributed by atoms with van der Waals surface area (Å²) < 4.78 is 1.69. The number of aryl methyl sites for hydroxylation is 2. The van der Waals surface area contributed by atoms with Crippen LogP contribution in [-0.4, -0.2) is 25.5 Å². The number of carbonyl (C=O) groups excluding carboxylic acids is 1. The molecule has 0 radical (unpaired) electrons. The molecule has 0 fully saturated rings. The molecule has 0 aliphatic rings. The Bertz CT molecular complexity index is 845. The first-order valence-electron chi connectivity index (χ1n) is 7.75. The average molecular weight is 325 g/mol. The highest BCUT2D eigenvalue weighted by Crippen LogP contribution is 2.14. The second-order valence-electron chi connectivity index (χ2n) is 5.53. The number of hydroxylamine groups is 1. The first-order chi connectivity index (χ1) is 11.6. The molecule has 1 N–H and O–H groups in total. The van der Waals surface area contributed by atoms with E-state index < -0.39 is 0 Å². The zero-order valence-electron chi connectivity index (χ0n) is 13.7. The normalized spacial score (nSPS) is 10.9. The second kappa shape index (κ2) is 7.18. The van der Waals surface area contributed by atoms with Gasteiger partial charge in [-0.1, -0.05) is 30.3 Å². The fraction of sp³-hybridized carbons (Fsp3) is 0.294. The van der Waals surface area contributed by atoms with Gasteiger partial charge < -0.3 is 0 Å². The molecule has 7 nitrogen and oxygen atoms in total. The SMILES string of the molecule is Cc1nc2ncnn2c(C)c1CCC(=O)NOCc1ccccc1. The quantitative estimate of drug-likeness (QED) is 0.700. The van der Waals surface area contributed by atoms with Crippen LogP contribution in [0.1, 0.15) is 28.9 Å². The minimum absolute atomic E-state index is 0.164. The molecule has 7 heteroatoms. The fourth-order valence-electron chi connectivity index (χ4n) is 2.58. The number of rotatable bonds is 6. The summed E-state index contributed by atoms with van der Waals surface area (Å²) in [7, 11) is 0. The monoisotopic (exact) mass is 325 g/mol. The first kappa shape index (κ1) is 16.1. The molecule has 0 saturated heterocycles. The maximum Gasteiger partial charge on any atom is 0.252 e. The minimum atomic E-state index is -0.164. The van der Waals surface area contributed by atoms with Crippen molar-refractivity contribution in [2.75, 3.05) is 0 Å². The Morgan fingerprint density at radius 2 is 2.04 bits per heavy atom. The van der Waals surface area contributed by atoms with Gasteiger partial charge in [-0.05, 0) is 31.4 Å². The van der Waals surface area contributed by atoms with Gasteiger partial charge in [0.25, 0.3) is 5.78 Å². The summed E-state index contributed by atoms with van der Waals surface area (Å²) in [6.45, 7) is 4.22. The number of benzene rings is 1. The van der Waals surface area contributed by atoms with E-state index in [9.17, 15) is 4.79 Å². The van der Waals surface area contributed by atoms with E-state index in [-0.39, 0.29) is 5.91 Å². The van der Waals surface area contributed by atoms with Crippen molar-refractivity contribution in [3.05, 3.63) is 59.2 Å². The largest absolute Gasteiger partial charge is 0.273 e. The van der Waals surface area contributed by atoms with Crippen LogP contribution in [0, 0.1) is 13.8 Å². The van der Waals surface area contributed by atoms with E-state index in [1.54, 1.807) is 4.52 Å². The van der Waals surface area contributed by atoms with Crippen LogP contribution < -0.4 is 5.48 Å². The smallest absolute Gasteiger partial charge is 0.252 e. The van der Waals surface area contributed by atoms with E-state index in [1.165, 1.54) is 6.33 Å². The molecular formula is C17H19N5O2. The van der Waals surface area contributed by atoms with Crippen LogP contribution in [0.3, 0.4) is 0 Å². The van der Waals surface area contributed by atoms with Gasteiger partial charge in [0.2, 0.25) is 5.91 Å². The minimum Gasteiger partial charge on any atom is -0.273 e. The zero-order chi connectivity index (χ0) is 16.9. The number of hydrogen-bond acceptors (Lipinski definition) is 5. The number of carbonyl (C=O) groups is 1. The van der Waals surface area contributed by atoms with Crippen LogP contribution in [0.15, 0.2) is 36.7 Å². The molecule has 0 unspecified atom stereocenters. The van der Waals surface area contributed by atoms with Crippen LogP contribution in [-0.2, 0) is 22.7 Å². The third-order valence-electron chi connectivity index (χ3n) is 3.86. The van der Waals surface area contributed by atoms with Gasteiger partial charge in [0.1, 0.15) is 6.33 Å². The lowest BCUT2D eigenvalue weighted by Gasteiger charge is -2.10. The summed E-state index contributed by atoms with van der Waals surface area (Å²) in [6, 6.07) is 9.68. The van der Waals surface area contributed by atoms with Crippen LogP contribution in [0.4, 0.5) is 0 Å². The van der Waals surface area contributed by atoms with E-state index in [1.807, 2.05) is 44.2 Å². The van der Waals surface area contributed by atoms with Crippen LogP contribution in [0.5, 0.6) is 0 Å². The van der Waals surface area contributed by atoms with Crippen molar-refractivity contribution in [2.24, 2.45) is 0 Å². The topological polar surface area (TPSA) is 81.4 Å². The Labute approximate surface area is 139 Å². The maximum atomic E-state index is 12.0. The molecule has 124 valence electrons. The molecule has 0 saturated carbocycles. The Morgan fingerprint density at radius 1 is 1.25 bits per heavy atom. The van der Waals surface area contributed by atoms with Crippen molar-refractivity contribution in [3.63, 3.8) is 0 Å². The van der Waals surface area contributed by atoms with Crippen LogP contribution in [0.25, 0.3) is 5.78 Å². The number of nitrogens with zero attached hydrogens (tertiary/aromatic N) is 4. The number of amides is 1. The molecule has 0 spiro atoms. The number of hydrogen-bond donors (Lipinski definition) is 1. The van der Waals surface area contributed by atoms with Crippen molar-refractivity contribution in [1.29, 1.82) is 0 Å². The highest BCUT2D eigenvalue weighted by Gasteiger charge is 2.12. The summed E-state index contributed by atoms with van der Waals surface area (Å²) in [5.41, 5.74) is 6.31. The highest BCUT2D eigenvalue weighted by molar-refractivity contribution is 5.75. The van der Waals surface area contributed by atoms with Gasteiger partial charge in [-0.25, -0.2) is 15.0 Å². The average Bonchev–Trinajstić information content (AvgIpc) is 3.04. The standard InChI is InChI=1S/C17H19N5O2/c1-12-15(13(2)22-17(20-12)18-11-19-22)8-9-16(23)21-24-10-14-6-4-3-5-7-14/h3-7,11H,8-10H2,1-2H3,(H,21,23). The van der Waals surface area contributed by atoms with E-state index in [2.05, 4.69) is 20.5 Å². The Kier molecular flexibility index (Phi) is 4.81. The summed E-state index contributed by atoms with van der Waals surface area (Å²) >= 11 is 0. The molecule has 0 aliphatic heterocycles. The highest BCUT2D eigenvalue weighted by atomic mass is 16.6. The third kappa shape index (κ3) is 3.57. The van der Waals surface area contributed by atoms with Crippen molar-refractivity contribution in [2.45, 2.75) is 33.3 Å². The second-order valence-corrected chi connectivity index (χ2v) is 5.53. The van der Waals surface area contributed by atoms with Gasteiger partial charge in [0.15, 0.2) is 0 Å². The van der Waals surface area contributed by atoms with Crippen molar-refractivity contribution in [3.8, 4) is 0 Å². The summed E-state index contributed by atoms with van der Waals surface area (Å²) in [6.07, 6.45) is 2.36. The van der Waals surface area contributed by atoms with Gasteiger partial charge in [-0.2, -0.15) is 10.1 Å². The summed E-state index contributed by atoms with van der Waals surface area (Å²) in [4.78, 5) is 25.7. The lowest BCUT2D eigenvalue weighted by atomic mass is 10.1. The maximum absolute atomic E-state index is 12.0. The zero-order valence-corrected chi connectivity index (χ0v) is 13.7. The molecule has 24 heavy (non-hydrogen) atoms. The molecule has 0 atom stereocenters. The summed E-state index contributed by atoms with van der Waals surface area (Å²) in [5, 5.41) is 4.15. The van der Waals surface area contributed by atoms with Crippen LogP contribution in [0.2, 0.25) is 0 Å². The predicted molar refractivity (Wildman–Crippen MR) is 88.0 cm³/mol. The van der Waals surface area contributed by atoms with Crippen LogP contribution >= 0.6 is 0 Å². The van der Waals surface area contributed by atoms with Crippen molar-refractivity contribution < 1.29 is 9.63 Å². The molecule has 1 amide bonds. The Balaban J connectivity index is 1.54. The molecular weight excluding hydrogens is 306 g/mol. The van der Waals surface area contributed by atoms with Crippen molar-refractivity contribution >= 4 is 11.7 Å². The summed E-state index contributed by atoms with van der Waals surface area (Å²) in [5.74, 6) is 0.410.